The second kappa shape index (κ2) is 14.4. The Kier molecular flexibility index (Phi) is 11.9. The topological polar surface area (TPSA) is 134 Å². The zero-order chi connectivity index (χ0) is 32.3. The van der Waals surface area contributed by atoms with Gasteiger partial charge >= 0.3 is 5.97 Å². The number of aryl methyl sites for hydroxylation is 2. The molecule has 8 nitrogen and oxygen atoms in total. The van der Waals surface area contributed by atoms with Gasteiger partial charge in [0, 0.05) is 11.8 Å². The summed E-state index contributed by atoms with van der Waals surface area (Å²) in [7, 11) is 0. The number of carbonyl (C=O) groups is 2. The molecule has 10 atom stereocenters. The number of aromatic carboxylic acids is 1. The maximum absolute atomic E-state index is 13.9. The normalized spacial score (nSPS) is 32.2. The highest BCUT2D eigenvalue weighted by molar-refractivity contribution is 5.93. The molecule has 1 aromatic carbocycles. The van der Waals surface area contributed by atoms with E-state index in [1.807, 2.05) is 34.6 Å². The largest absolute Gasteiger partial charge is 0.507 e. The molecule has 0 aromatic heterocycles. The number of carboxylic acid groups (broad SMARTS) is 1. The van der Waals surface area contributed by atoms with Gasteiger partial charge in [-0.05, 0) is 87.7 Å². The highest BCUT2D eigenvalue weighted by Crippen LogP contribution is 2.48. The van der Waals surface area contributed by atoms with Gasteiger partial charge in [0.2, 0.25) is 0 Å². The fraction of sp³-hybridized carbons (Fsp3) is 0.771. The van der Waals surface area contributed by atoms with E-state index < -0.39 is 29.2 Å². The number of hydrogen-bond donors (Lipinski definition) is 4. The van der Waals surface area contributed by atoms with E-state index in [4.69, 9.17) is 9.47 Å². The van der Waals surface area contributed by atoms with Crippen LogP contribution in [0.3, 0.4) is 0 Å². The maximum atomic E-state index is 13.9. The van der Waals surface area contributed by atoms with Gasteiger partial charge in [-0.3, -0.25) is 4.79 Å². The molecule has 2 saturated heterocycles. The van der Waals surface area contributed by atoms with Crippen molar-refractivity contribution in [1.29, 1.82) is 0 Å². The first kappa shape index (κ1) is 35.5. The number of carboxylic acids is 1. The van der Waals surface area contributed by atoms with Gasteiger partial charge in [-0.1, -0.05) is 60.6 Å². The minimum atomic E-state index is -1.17. The fourth-order valence-corrected chi connectivity index (χ4v) is 7.67. The highest BCUT2D eigenvalue weighted by Gasteiger charge is 2.55. The van der Waals surface area contributed by atoms with Crippen molar-refractivity contribution >= 4 is 11.8 Å². The van der Waals surface area contributed by atoms with E-state index in [0.717, 1.165) is 12.8 Å². The van der Waals surface area contributed by atoms with Crippen molar-refractivity contribution in [1.82, 2.24) is 0 Å². The van der Waals surface area contributed by atoms with Crippen molar-refractivity contribution in [2.75, 3.05) is 0 Å². The van der Waals surface area contributed by atoms with E-state index in [1.54, 1.807) is 19.1 Å². The molecular weight excluding hydrogens is 548 g/mol. The Morgan fingerprint density at radius 3 is 2.26 bits per heavy atom. The third kappa shape index (κ3) is 7.13. The van der Waals surface area contributed by atoms with E-state index in [2.05, 4.69) is 13.8 Å². The van der Waals surface area contributed by atoms with E-state index in [0.29, 0.717) is 56.1 Å². The molecule has 3 rings (SSSR count). The van der Waals surface area contributed by atoms with Gasteiger partial charge in [0.05, 0.1) is 35.6 Å². The van der Waals surface area contributed by atoms with Crippen LogP contribution >= 0.6 is 0 Å². The Labute approximate surface area is 258 Å². The van der Waals surface area contributed by atoms with Crippen molar-refractivity contribution in [3.8, 4) is 5.75 Å². The number of ether oxygens (including phenoxy) is 2. The van der Waals surface area contributed by atoms with E-state index >= 15 is 0 Å². The zero-order valence-corrected chi connectivity index (χ0v) is 27.6. The van der Waals surface area contributed by atoms with E-state index in [1.165, 1.54) is 0 Å². The molecule has 8 heteroatoms. The van der Waals surface area contributed by atoms with Crippen molar-refractivity contribution in [2.45, 2.75) is 149 Å². The lowest BCUT2D eigenvalue weighted by Gasteiger charge is -2.47. The van der Waals surface area contributed by atoms with Crippen LogP contribution in [0.25, 0.3) is 0 Å². The van der Waals surface area contributed by atoms with Crippen molar-refractivity contribution in [3.05, 3.63) is 28.8 Å². The van der Waals surface area contributed by atoms with Crippen LogP contribution in [-0.4, -0.2) is 67.8 Å². The Balaban J connectivity index is 1.70. The summed E-state index contributed by atoms with van der Waals surface area (Å²) in [6.45, 7) is 15.7. The number of Topliss-reactive ketones (excluding diaryl/α,β-unsaturated/α-hetero) is 1. The Morgan fingerprint density at radius 1 is 1.07 bits per heavy atom. The van der Waals surface area contributed by atoms with Crippen LogP contribution < -0.4 is 0 Å². The summed E-state index contributed by atoms with van der Waals surface area (Å²) in [6, 6.07) is 3.49. The van der Waals surface area contributed by atoms with Crippen LogP contribution in [0.2, 0.25) is 0 Å². The first-order valence-electron chi connectivity index (χ1n) is 16.5. The number of aromatic hydroxyl groups is 1. The number of carbonyl (C=O) groups excluding carboxylic acids is 1. The van der Waals surface area contributed by atoms with Crippen LogP contribution in [0.1, 0.15) is 122 Å². The van der Waals surface area contributed by atoms with E-state index in [9.17, 15) is 30.0 Å². The van der Waals surface area contributed by atoms with Gasteiger partial charge in [-0.2, -0.15) is 0 Å². The molecular formula is C35H56O8. The highest BCUT2D eigenvalue weighted by atomic mass is 16.6. The number of phenols is 1. The van der Waals surface area contributed by atoms with Crippen molar-refractivity contribution in [3.63, 3.8) is 0 Å². The average Bonchev–Trinajstić information content (AvgIpc) is 3.33. The smallest absolute Gasteiger partial charge is 0.339 e. The lowest BCUT2D eigenvalue weighted by molar-refractivity contribution is -0.229. The minimum absolute atomic E-state index is 0.0138. The molecule has 0 bridgehead atoms. The third-order valence-electron chi connectivity index (χ3n) is 10.9. The SMILES string of the molecule is CCc1ccc(CCC(C)C(O)C(C)C(=O)C(CC)C2OC(CC)(C3CCC(O)(CC)C(C)O3)CC2C)c(C(=O)O)c1O. The molecule has 2 heterocycles. The number of ketones is 1. The Hall–Kier alpha value is -2.00. The summed E-state index contributed by atoms with van der Waals surface area (Å²) < 4.78 is 13.3. The lowest BCUT2D eigenvalue weighted by atomic mass is 9.76. The first-order valence-corrected chi connectivity index (χ1v) is 16.5. The number of aliphatic hydroxyl groups is 2. The summed E-state index contributed by atoms with van der Waals surface area (Å²) in [6.07, 6.45) is 3.87. The second-order valence-electron chi connectivity index (χ2n) is 13.4. The summed E-state index contributed by atoms with van der Waals surface area (Å²) in [4.78, 5) is 25.8. The molecule has 4 N–H and O–H groups in total. The monoisotopic (exact) mass is 604 g/mol. The molecule has 0 saturated carbocycles. The zero-order valence-electron chi connectivity index (χ0n) is 27.6. The van der Waals surface area contributed by atoms with Gasteiger partial charge < -0.3 is 29.9 Å². The van der Waals surface area contributed by atoms with Gasteiger partial charge in [0.15, 0.2) is 0 Å². The maximum Gasteiger partial charge on any atom is 0.339 e. The second-order valence-corrected chi connectivity index (χ2v) is 13.4. The molecule has 0 spiro atoms. The average molecular weight is 605 g/mol. The number of rotatable bonds is 14. The van der Waals surface area contributed by atoms with Gasteiger partial charge in [0.1, 0.15) is 17.1 Å². The molecule has 1 aromatic rings. The summed E-state index contributed by atoms with van der Waals surface area (Å²) >= 11 is 0. The van der Waals surface area contributed by atoms with Crippen LogP contribution in [-0.2, 0) is 27.1 Å². The minimum Gasteiger partial charge on any atom is -0.507 e. The summed E-state index contributed by atoms with van der Waals surface area (Å²) in [5.74, 6) is -2.50. The van der Waals surface area contributed by atoms with Crippen LogP contribution in [0, 0.1) is 23.7 Å². The molecule has 0 amide bonds. The number of aliphatic hydroxyl groups excluding tert-OH is 1. The van der Waals surface area contributed by atoms with Crippen LogP contribution in [0.15, 0.2) is 12.1 Å². The quantitative estimate of drug-likeness (QED) is 0.200. The predicted molar refractivity (Wildman–Crippen MR) is 166 cm³/mol. The predicted octanol–water partition coefficient (Wildman–Crippen LogP) is 6.10. The molecule has 244 valence electrons. The molecule has 10 unspecified atom stereocenters. The standard InChI is InChI=1S/C35H56O8/c1-9-24-15-16-25(28(31(24)38)33(39)40)14-13-20(5)29(36)22(7)30(37)26(10-2)32-21(6)19-35(12-4,43-32)27-17-18-34(41,11-3)23(8)42-27/h15-16,20-23,26-27,29,32,36,38,41H,9-14,17-19H2,1-8H3,(H,39,40). The third-order valence-corrected chi connectivity index (χ3v) is 10.9. The summed E-state index contributed by atoms with van der Waals surface area (Å²) in [5.41, 5.74) is -0.322. The van der Waals surface area contributed by atoms with Gasteiger partial charge in [0.25, 0.3) is 0 Å². The molecule has 2 aliphatic heterocycles. The van der Waals surface area contributed by atoms with E-state index in [-0.39, 0.29) is 53.2 Å². The van der Waals surface area contributed by atoms with Gasteiger partial charge in [-0.25, -0.2) is 4.79 Å². The molecule has 2 aliphatic rings. The number of hydrogen-bond acceptors (Lipinski definition) is 7. The fourth-order valence-electron chi connectivity index (χ4n) is 7.67. The molecule has 0 aliphatic carbocycles. The lowest BCUT2D eigenvalue weighted by Crippen LogP contribution is -2.55. The van der Waals surface area contributed by atoms with Crippen molar-refractivity contribution < 1.29 is 39.5 Å². The molecule has 2 fully saturated rings. The van der Waals surface area contributed by atoms with Crippen molar-refractivity contribution in [2.24, 2.45) is 23.7 Å². The summed E-state index contributed by atoms with van der Waals surface area (Å²) in [5, 5.41) is 42.4. The Bertz CT molecular complexity index is 1120. The molecule has 43 heavy (non-hydrogen) atoms. The van der Waals surface area contributed by atoms with Crippen LogP contribution in [0.4, 0.5) is 0 Å². The van der Waals surface area contributed by atoms with Crippen LogP contribution in [0.5, 0.6) is 5.75 Å². The number of benzene rings is 1. The molecule has 0 radical (unpaired) electrons. The first-order chi connectivity index (χ1) is 20.2. The Morgan fingerprint density at radius 2 is 1.72 bits per heavy atom. The van der Waals surface area contributed by atoms with Gasteiger partial charge in [-0.15, -0.1) is 0 Å².